The minimum absolute atomic E-state index is 0.00344. The third-order valence-corrected chi connectivity index (χ3v) is 3.27. The van der Waals surface area contributed by atoms with Crippen molar-refractivity contribution in [3.8, 4) is 11.5 Å². The van der Waals surface area contributed by atoms with Crippen LogP contribution >= 0.6 is 0 Å². The molecular formula is C17H17NO6. The summed E-state index contributed by atoms with van der Waals surface area (Å²) >= 11 is 0. The van der Waals surface area contributed by atoms with Gasteiger partial charge in [0.2, 0.25) is 0 Å². The number of ether oxygens (including phenoxy) is 3. The monoisotopic (exact) mass is 331 g/mol. The number of esters is 1. The number of nitrogens with zero attached hydrogens (tertiary/aromatic N) is 1. The van der Waals surface area contributed by atoms with Gasteiger partial charge in [-0.15, -0.1) is 0 Å². The van der Waals surface area contributed by atoms with E-state index in [1.807, 2.05) is 31.2 Å². The first kappa shape index (κ1) is 17.3. The van der Waals surface area contributed by atoms with Gasteiger partial charge in [-0.25, -0.2) is 4.79 Å². The van der Waals surface area contributed by atoms with Crippen molar-refractivity contribution in [3.05, 3.63) is 63.7 Å². The lowest BCUT2D eigenvalue weighted by Crippen LogP contribution is -2.11. The number of nitro groups is 1. The molecule has 0 radical (unpaired) electrons. The van der Waals surface area contributed by atoms with E-state index in [-0.39, 0.29) is 30.2 Å². The van der Waals surface area contributed by atoms with Crippen LogP contribution in [0.4, 0.5) is 5.69 Å². The van der Waals surface area contributed by atoms with Gasteiger partial charge in [-0.05, 0) is 24.6 Å². The summed E-state index contributed by atoms with van der Waals surface area (Å²) in [5, 5.41) is 11.0. The zero-order valence-corrected chi connectivity index (χ0v) is 13.4. The molecule has 7 nitrogen and oxygen atoms in total. The molecule has 2 rings (SSSR count). The van der Waals surface area contributed by atoms with Gasteiger partial charge in [0.25, 0.3) is 0 Å². The van der Waals surface area contributed by atoms with E-state index in [1.54, 1.807) is 0 Å². The molecule has 0 spiro atoms. The van der Waals surface area contributed by atoms with Crippen LogP contribution in [0.1, 0.15) is 15.9 Å². The number of carbonyl (C=O) groups excluding carboxylic acids is 1. The molecule has 0 saturated carbocycles. The Hall–Kier alpha value is -3.09. The Labute approximate surface area is 138 Å². The molecule has 0 heterocycles. The van der Waals surface area contributed by atoms with Crippen LogP contribution in [-0.2, 0) is 4.74 Å². The highest BCUT2D eigenvalue weighted by atomic mass is 16.6. The van der Waals surface area contributed by atoms with Crippen LogP contribution in [0.15, 0.2) is 42.5 Å². The summed E-state index contributed by atoms with van der Waals surface area (Å²) in [4.78, 5) is 22.0. The molecule has 0 aromatic heterocycles. The van der Waals surface area contributed by atoms with E-state index in [2.05, 4.69) is 4.74 Å². The topological polar surface area (TPSA) is 87.9 Å². The van der Waals surface area contributed by atoms with E-state index >= 15 is 0 Å². The molecule has 2 aromatic rings. The van der Waals surface area contributed by atoms with Crippen molar-refractivity contribution < 1.29 is 23.9 Å². The predicted molar refractivity (Wildman–Crippen MR) is 86.6 cm³/mol. The lowest BCUT2D eigenvalue weighted by molar-refractivity contribution is -0.385. The Morgan fingerprint density at radius 1 is 1.08 bits per heavy atom. The van der Waals surface area contributed by atoms with E-state index in [0.29, 0.717) is 0 Å². The Balaban J connectivity index is 2.03. The van der Waals surface area contributed by atoms with Crippen LogP contribution in [0.5, 0.6) is 11.5 Å². The molecule has 0 aliphatic heterocycles. The summed E-state index contributed by atoms with van der Waals surface area (Å²) in [5.74, 6) is 0.126. The van der Waals surface area contributed by atoms with E-state index in [4.69, 9.17) is 9.47 Å². The molecule has 126 valence electrons. The minimum Gasteiger partial charge on any atom is -0.490 e. The number of methoxy groups -OCH3 is 1. The van der Waals surface area contributed by atoms with Crippen LogP contribution in [0.3, 0.4) is 0 Å². The molecule has 0 bridgehead atoms. The maximum atomic E-state index is 11.5. The molecule has 24 heavy (non-hydrogen) atoms. The van der Waals surface area contributed by atoms with Crippen molar-refractivity contribution >= 4 is 11.7 Å². The van der Waals surface area contributed by atoms with Crippen LogP contribution < -0.4 is 9.47 Å². The first-order chi connectivity index (χ1) is 11.5. The lowest BCUT2D eigenvalue weighted by atomic mass is 10.2. The summed E-state index contributed by atoms with van der Waals surface area (Å²) in [5.41, 5.74) is 0.938. The van der Waals surface area contributed by atoms with Gasteiger partial charge >= 0.3 is 11.7 Å². The SMILES string of the molecule is COC(=O)c1ccc([N+](=O)[O-])c(OCCOc2ccccc2C)c1. The number of benzene rings is 2. The molecule has 0 aliphatic carbocycles. The Morgan fingerprint density at radius 2 is 1.75 bits per heavy atom. The van der Waals surface area contributed by atoms with Crippen molar-refractivity contribution in [3.63, 3.8) is 0 Å². The van der Waals surface area contributed by atoms with E-state index in [9.17, 15) is 14.9 Å². The summed E-state index contributed by atoms with van der Waals surface area (Å²) in [7, 11) is 1.24. The molecule has 0 amide bonds. The fraction of sp³-hybridized carbons (Fsp3) is 0.235. The zero-order chi connectivity index (χ0) is 17.5. The predicted octanol–water partition coefficient (Wildman–Crippen LogP) is 3.15. The van der Waals surface area contributed by atoms with Crippen LogP contribution in [0.25, 0.3) is 0 Å². The van der Waals surface area contributed by atoms with Gasteiger partial charge in [0, 0.05) is 12.1 Å². The number of nitro benzene ring substituents is 1. The lowest BCUT2D eigenvalue weighted by Gasteiger charge is -2.11. The summed E-state index contributed by atoms with van der Waals surface area (Å²) < 4.78 is 15.6. The summed E-state index contributed by atoms with van der Waals surface area (Å²) in [6, 6.07) is 11.3. The smallest absolute Gasteiger partial charge is 0.337 e. The zero-order valence-electron chi connectivity index (χ0n) is 13.4. The summed E-state index contributed by atoms with van der Waals surface area (Å²) in [6.45, 7) is 2.23. The quantitative estimate of drug-likeness (QED) is 0.335. The molecule has 0 unspecified atom stereocenters. The third-order valence-electron chi connectivity index (χ3n) is 3.27. The van der Waals surface area contributed by atoms with E-state index in [1.165, 1.54) is 25.3 Å². The Morgan fingerprint density at radius 3 is 2.38 bits per heavy atom. The van der Waals surface area contributed by atoms with Gasteiger partial charge in [0.15, 0.2) is 5.75 Å². The van der Waals surface area contributed by atoms with Crippen LogP contribution in [0.2, 0.25) is 0 Å². The largest absolute Gasteiger partial charge is 0.490 e. The average molecular weight is 331 g/mol. The van der Waals surface area contributed by atoms with E-state index < -0.39 is 10.9 Å². The molecule has 0 aliphatic rings. The van der Waals surface area contributed by atoms with Crippen molar-refractivity contribution in [1.29, 1.82) is 0 Å². The maximum Gasteiger partial charge on any atom is 0.337 e. The third kappa shape index (κ3) is 4.22. The second-order valence-electron chi connectivity index (χ2n) is 4.89. The highest BCUT2D eigenvalue weighted by Crippen LogP contribution is 2.28. The van der Waals surface area contributed by atoms with Gasteiger partial charge in [-0.1, -0.05) is 18.2 Å². The van der Waals surface area contributed by atoms with Gasteiger partial charge in [-0.3, -0.25) is 10.1 Å². The molecule has 0 fully saturated rings. The van der Waals surface area contributed by atoms with Gasteiger partial charge in [-0.2, -0.15) is 0 Å². The Kier molecular flexibility index (Phi) is 5.73. The molecular weight excluding hydrogens is 314 g/mol. The molecule has 0 saturated heterocycles. The van der Waals surface area contributed by atoms with Gasteiger partial charge in [0.05, 0.1) is 17.6 Å². The fourth-order valence-corrected chi connectivity index (χ4v) is 2.05. The molecule has 2 aromatic carbocycles. The molecule has 0 atom stereocenters. The average Bonchev–Trinajstić information content (AvgIpc) is 2.59. The van der Waals surface area contributed by atoms with Crippen LogP contribution in [-0.4, -0.2) is 31.2 Å². The number of hydrogen-bond donors (Lipinski definition) is 0. The number of rotatable bonds is 7. The first-order valence-corrected chi connectivity index (χ1v) is 7.21. The van der Waals surface area contributed by atoms with Crippen molar-refractivity contribution in [2.24, 2.45) is 0 Å². The second kappa shape index (κ2) is 7.96. The number of para-hydroxylation sites is 1. The number of carbonyl (C=O) groups is 1. The van der Waals surface area contributed by atoms with Gasteiger partial charge in [0.1, 0.15) is 19.0 Å². The summed E-state index contributed by atoms with van der Waals surface area (Å²) in [6.07, 6.45) is 0. The normalized spacial score (nSPS) is 10.1. The molecule has 0 N–H and O–H groups in total. The standard InChI is InChI=1S/C17H17NO6/c1-12-5-3-4-6-15(12)23-9-10-24-16-11-13(17(19)22-2)7-8-14(16)18(20)21/h3-8,11H,9-10H2,1-2H3. The first-order valence-electron chi connectivity index (χ1n) is 7.21. The number of hydrogen-bond acceptors (Lipinski definition) is 6. The van der Waals surface area contributed by atoms with E-state index in [0.717, 1.165) is 11.3 Å². The van der Waals surface area contributed by atoms with Crippen LogP contribution in [0, 0.1) is 17.0 Å². The van der Waals surface area contributed by atoms with Crippen molar-refractivity contribution in [2.45, 2.75) is 6.92 Å². The Bertz CT molecular complexity index is 744. The van der Waals surface area contributed by atoms with Gasteiger partial charge < -0.3 is 14.2 Å². The van der Waals surface area contributed by atoms with Crippen molar-refractivity contribution in [2.75, 3.05) is 20.3 Å². The number of aryl methyl sites for hydroxylation is 1. The fourth-order valence-electron chi connectivity index (χ4n) is 2.05. The second-order valence-corrected chi connectivity index (χ2v) is 4.89. The highest BCUT2D eigenvalue weighted by Gasteiger charge is 2.18. The van der Waals surface area contributed by atoms with Crippen molar-refractivity contribution in [1.82, 2.24) is 0 Å². The minimum atomic E-state index is -0.592. The molecule has 7 heteroatoms. The maximum absolute atomic E-state index is 11.5. The highest BCUT2D eigenvalue weighted by molar-refractivity contribution is 5.90.